The molecular weight excluding hydrogens is 414 g/mol. The zero-order chi connectivity index (χ0) is 21.6. The van der Waals surface area contributed by atoms with Gasteiger partial charge in [-0.15, -0.1) is 11.8 Å². The summed E-state index contributed by atoms with van der Waals surface area (Å²) in [4.78, 5) is 24.0. The molecule has 0 fully saturated rings. The highest BCUT2D eigenvalue weighted by Crippen LogP contribution is 2.27. The summed E-state index contributed by atoms with van der Waals surface area (Å²) in [6.07, 6.45) is 0. The normalized spacial score (nSPS) is 11.3. The summed E-state index contributed by atoms with van der Waals surface area (Å²) in [6, 6.07) is 11.0. The van der Waals surface area contributed by atoms with E-state index in [1.807, 2.05) is 25.1 Å². The third-order valence-electron chi connectivity index (χ3n) is 3.79. The van der Waals surface area contributed by atoms with E-state index in [4.69, 9.17) is 0 Å². The molecule has 10 heteroatoms. The van der Waals surface area contributed by atoms with Crippen LogP contribution < -0.4 is 10.6 Å². The number of sulfonamides is 1. The lowest BCUT2D eigenvalue weighted by molar-refractivity contribution is -0.114. The number of rotatable bonds is 8. The van der Waals surface area contributed by atoms with Crippen molar-refractivity contribution in [2.45, 2.75) is 11.8 Å². The molecule has 0 unspecified atom stereocenters. The minimum absolute atomic E-state index is 0.0114. The van der Waals surface area contributed by atoms with Crippen molar-refractivity contribution in [3.8, 4) is 5.75 Å². The van der Waals surface area contributed by atoms with Crippen molar-refractivity contribution in [2.24, 2.45) is 0 Å². The van der Waals surface area contributed by atoms with Gasteiger partial charge in [0.2, 0.25) is 21.8 Å². The number of carbonyl (C=O) groups is 2. The first-order valence-corrected chi connectivity index (χ1v) is 11.2. The average molecular weight is 438 g/mol. The highest BCUT2D eigenvalue weighted by atomic mass is 32.2. The fourth-order valence-corrected chi connectivity index (χ4v) is 3.87. The Kier molecular flexibility index (Phi) is 7.66. The third kappa shape index (κ3) is 6.48. The van der Waals surface area contributed by atoms with Gasteiger partial charge in [-0.3, -0.25) is 9.59 Å². The topological polar surface area (TPSA) is 116 Å². The molecule has 156 valence electrons. The molecule has 0 heterocycles. The number of hydrogen-bond donors (Lipinski definition) is 3. The molecule has 0 aromatic heterocycles. The summed E-state index contributed by atoms with van der Waals surface area (Å²) < 4.78 is 25.4. The van der Waals surface area contributed by atoms with E-state index in [1.54, 1.807) is 6.07 Å². The number of amides is 2. The van der Waals surface area contributed by atoms with Crippen molar-refractivity contribution < 1.29 is 23.1 Å². The van der Waals surface area contributed by atoms with Gasteiger partial charge >= 0.3 is 0 Å². The number of carbonyl (C=O) groups excluding carboxylic acids is 2. The summed E-state index contributed by atoms with van der Waals surface area (Å²) >= 11 is 1.10. The number of anilines is 2. The van der Waals surface area contributed by atoms with Gasteiger partial charge in [-0.2, -0.15) is 0 Å². The molecule has 29 heavy (non-hydrogen) atoms. The van der Waals surface area contributed by atoms with Crippen LogP contribution >= 0.6 is 11.8 Å². The molecule has 0 atom stereocenters. The molecule has 0 spiro atoms. The monoisotopic (exact) mass is 437 g/mol. The van der Waals surface area contributed by atoms with Crippen LogP contribution in [0, 0.1) is 6.92 Å². The van der Waals surface area contributed by atoms with Gasteiger partial charge in [0, 0.05) is 19.8 Å². The van der Waals surface area contributed by atoms with Crippen molar-refractivity contribution in [1.82, 2.24) is 4.31 Å². The minimum atomic E-state index is -3.70. The first kappa shape index (κ1) is 22.7. The molecule has 2 aromatic rings. The predicted octanol–water partition coefficient (Wildman–Crippen LogP) is 2.26. The van der Waals surface area contributed by atoms with E-state index in [0.717, 1.165) is 21.6 Å². The van der Waals surface area contributed by atoms with Crippen molar-refractivity contribution in [1.29, 1.82) is 0 Å². The molecule has 0 aliphatic rings. The molecule has 0 aliphatic carbocycles. The SMILES string of the molecule is Cc1cccc(NC(=O)CSCC(=O)Nc2cc(S(=O)(=O)N(C)C)ccc2O)c1. The standard InChI is InChI=1S/C19H23N3O5S2/c1-13-5-4-6-14(9-13)20-18(24)11-28-12-19(25)21-16-10-15(7-8-17(16)23)29(26,27)22(2)3/h4-10,23H,11-12H2,1-3H3,(H,20,24)(H,21,25). The largest absolute Gasteiger partial charge is 0.506 e. The van der Waals surface area contributed by atoms with Gasteiger partial charge in [0.05, 0.1) is 22.1 Å². The van der Waals surface area contributed by atoms with Gasteiger partial charge in [0.1, 0.15) is 5.75 Å². The van der Waals surface area contributed by atoms with Crippen molar-refractivity contribution in [2.75, 3.05) is 36.2 Å². The molecule has 0 bridgehead atoms. The Morgan fingerprint density at radius 2 is 1.69 bits per heavy atom. The Bertz CT molecular complexity index is 1010. The van der Waals surface area contributed by atoms with Crippen LogP contribution in [0.5, 0.6) is 5.75 Å². The lowest BCUT2D eigenvalue weighted by Gasteiger charge is -2.13. The van der Waals surface area contributed by atoms with Gasteiger partial charge in [0.15, 0.2) is 0 Å². The van der Waals surface area contributed by atoms with E-state index in [0.29, 0.717) is 5.69 Å². The average Bonchev–Trinajstić information content (AvgIpc) is 2.63. The number of thioether (sulfide) groups is 1. The Morgan fingerprint density at radius 1 is 1.03 bits per heavy atom. The van der Waals surface area contributed by atoms with Crippen LogP contribution in [0.4, 0.5) is 11.4 Å². The van der Waals surface area contributed by atoms with Crippen LogP contribution in [0.25, 0.3) is 0 Å². The Morgan fingerprint density at radius 3 is 2.31 bits per heavy atom. The second-order valence-corrected chi connectivity index (χ2v) is 9.56. The number of benzene rings is 2. The maximum atomic E-state index is 12.2. The van der Waals surface area contributed by atoms with Gasteiger partial charge in [-0.05, 0) is 42.8 Å². The Labute approximate surface area is 174 Å². The molecule has 2 amide bonds. The molecule has 0 saturated heterocycles. The number of hydrogen-bond acceptors (Lipinski definition) is 6. The highest BCUT2D eigenvalue weighted by molar-refractivity contribution is 8.00. The van der Waals surface area contributed by atoms with Crippen molar-refractivity contribution in [3.63, 3.8) is 0 Å². The lowest BCUT2D eigenvalue weighted by Crippen LogP contribution is -2.22. The predicted molar refractivity (Wildman–Crippen MR) is 115 cm³/mol. The molecule has 2 rings (SSSR count). The van der Waals surface area contributed by atoms with Gasteiger partial charge in [-0.1, -0.05) is 12.1 Å². The number of aromatic hydroxyl groups is 1. The van der Waals surface area contributed by atoms with Crippen LogP contribution in [0.3, 0.4) is 0 Å². The number of nitrogens with one attached hydrogen (secondary N) is 2. The number of phenolic OH excluding ortho intramolecular Hbond substituents is 1. The van der Waals surface area contributed by atoms with Crippen LogP contribution in [-0.2, 0) is 19.6 Å². The van der Waals surface area contributed by atoms with E-state index < -0.39 is 15.9 Å². The first-order valence-electron chi connectivity index (χ1n) is 8.59. The van der Waals surface area contributed by atoms with Crippen LogP contribution in [-0.4, -0.2) is 55.2 Å². The molecule has 8 nitrogen and oxygen atoms in total. The molecule has 0 radical (unpaired) electrons. The number of nitrogens with zero attached hydrogens (tertiary/aromatic N) is 1. The van der Waals surface area contributed by atoms with E-state index in [1.165, 1.54) is 32.3 Å². The third-order valence-corrected chi connectivity index (χ3v) is 6.53. The maximum absolute atomic E-state index is 12.2. The molecule has 0 aliphatic heterocycles. The quantitative estimate of drug-likeness (QED) is 0.546. The smallest absolute Gasteiger partial charge is 0.242 e. The Balaban J connectivity index is 1.90. The van der Waals surface area contributed by atoms with Crippen molar-refractivity contribution >= 4 is 45.0 Å². The highest BCUT2D eigenvalue weighted by Gasteiger charge is 2.19. The molecule has 2 aromatic carbocycles. The Hall–Kier alpha value is -2.56. The fraction of sp³-hybridized carbons (Fsp3) is 0.263. The number of phenols is 1. The van der Waals surface area contributed by atoms with Gasteiger partial charge in [0.25, 0.3) is 0 Å². The van der Waals surface area contributed by atoms with Gasteiger partial charge in [-0.25, -0.2) is 12.7 Å². The number of aryl methyl sites for hydroxylation is 1. The van der Waals surface area contributed by atoms with Crippen LogP contribution in [0.2, 0.25) is 0 Å². The molecular formula is C19H23N3O5S2. The second-order valence-electron chi connectivity index (χ2n) is 6.43. The van der Waals surface area contributed by atoms with Crippen LogP contribution in [0.1, 0.15) is 5.56 Å². The fourth-order valence-electron chi connectivity index (χ4n) is 2.33. The van der Waals surface area contributed by atoms with E-state index in [9.17, 15) is 23.1 Å². The lowest BCUT2D eigenvalue weighted by atomic mass is 10.2. The van der Waals surface area contributed by atoms with Crippen molar-refractivity contribution in [3.05, 3.63) is 48.0 Å². The van der Waals surface area contributed by atoms with E-state index in [2.05, 4.69) is 10.6 Å². The second kappa shape index (κ2) is 9.77. The van der Waals surface area contributed by atoms with E-state index in [-0.39, 0.29) is 33.7 Å². The molecule has 3 N–H and O–H groups in total. The zero-order valence-corrected chi connectivity index (χ0v) is 17.9. The summed E-state index contributed by atoms with van der Waals surface area (Å²) in [5, 5.41) is 15.1. The summed E-state index contributed by atoms with van der Waals surface area (Å²) in [6.45, 7) is 1.92. The summed E-state index contributed by atoms with van der Waals surface area (Å²) in [7, 11) is -0.925. The minimum Gasteiger partial charge on any atom is -0.506 e. The summed E-state index contributed by atoms with van der Waals surface area (Å²) in [5.74, 6) is -0.921. The first-order chi connectivity index (χ1) is 13.6. The zero-order valence-electron chi connectivity index (χ0n) is 16.3. The summed E-state index contributed by atoms with van der Waals surface area (Å²) in [5.41, 5.74) is 1.69. The molecule has 0 saturated carbocycles. The van der Waals surface area contributed by atoms with Crippen LogP contribution in [0.15, 0.2) is 47.4 Å². The maximum Gasteiger partial charge on any atom is 0.242 e. The van der Waals surface area contributed by atoms with Gasteiger partial charge < -0.3 is 15.7 Å². The van der Waals surface area contributed by atoms with E-state index >= 15 is 0 Å².